The van der Waals surface area contributed by atoms with Gasteiger partial charge in [-0.3, -0.25) is 19.7 Å². The molecule has 0 radical (unpaired) electrons. The molecule has 26 heavy (non-hydrogen) atoms. The fourth-order valence-corrected chi connectivity index (χ4v) is 3.09. The molecular weight excluding hydrogens is 353 g/mol. The molecule has 4 aromatic rings. The van der Waals surface area contributed by atoms with Crippen LogP contribution >= 0.6 is 11.3 Å². The summed E-state index contributed by atoms with van der Waals surface area (Å²) < 4.78 is 14.7. The van der Waals surface area contributed by atoms with E-state index in [0.717, 1.165) is 11.9 Å². The Kier molecular flexibility index (Phi) is 4.24. The Labute approximate surface area is 152 Å². The maximum absolute atomic E-state index is 13.0. The van der Waals surface area contributed by atoms with Crippen LogP contribution in [0, 0.1) is 5.82 Å². The summed E-state index contributed by atoms with van der Waals surface area (Å²) in [6, 6.07) is 12.3. The van der Waals surface area contributed by atoms with Crippen LogP contribution in [-0.2, 0) is 0 Å². The summed E-state index contributed by atoms with van der Waals surface area (Å²) in [6.07, 6.45) is 4.21. The highest BCUT2D eigenvalue weighted by Crippen LogP contribution is 2.24. The Hall–Kier alpha value is -3.39. The number of imidazole rings is 1. The largest absolute Gasteiger partial charge is 0.296 e. The lowest BCUT2D eigenvalue weighted by Crippen LogP contribution is -2.15. The summed E-state index contributed by atoms with van der Waals surface area (Å²) in [7, 11) is 0. The Morgan fingerprint density at radius 3 is 2.69 bits per heavy atom. The zero-order valence-corrected chi connectivity index (χ0v) is 14.2. The van der Waals surface area contributed by atoms with Crippen LogP contribution in [0.15, 0.2) is 66.6 Å². The topological polar surface area (TPSA) is 72.7 Å². The Morgan fingerprint density at radius 1 is 1.08 bits per heavy atom. The maximum Gasteiger partial charge on any atom is 0.276 e. The summed E-state index contributed by atoms with van der Waals surface area (Å²) in [6.45, 7) is 0. The highest BCUT2D eigenvalue weighted by molar-refractivity contribution is 7.14. The molecule has 8 heteroatoms. The lowest BCUT2D eigenvalue weighted by molar-refractivity contribution is 0.102. The highest BCUT2D eigenvalue weighted by atomic mass is 32.1. The molecule has 0 aliphatic carbocycles. The molecule has 4 rings (SSSR count). The third-order valence-corrected chi connectivity index (χ3v) is 4.38. The van der Waals surface area contributed by atoms with Gasteiger partial charge in [0.1, 0.15) is 17.2 Å². The molecule has 1 aromatic carbocycles. The molecule has 6 nitrogen and oxygen atoms in total. The molecule has 3 aromatic heterocycles. The van der Waals surface area contributed by atoms with Crippen LogP contribution in [0.2, 0.25) is 0 Å². The van der Waals surface area contributed by atoms with Gasteiger partial charge in [-0.25, -0.2) is 14.4 Å². The molecule has 0 aliphatic rings. The molecule has 0 bridgehead atoms. The van der Waals surface area contributed by atoms with Gasteiger partial charge in [0.05, 0.1) is 24.4 Å². The first-order chi connectivity index (χ1) is 12.7. The smallest absolute Gasteiger partial charge is 0.276 e. The van der Waals surface area contributed by atoms with Crippen LogP contribution < -0.4 is 5.32 Å². The number of rotatable bonds is 4. The number of hydrogen-bond donors (Lipinski definition) is 1. The van der Waals surface area contributed by atoms with Crippen molar-refractivity contribution in [1.29, 1.82) is 0 Å². The number of nitrogens with zero attached hydrogens (tertiary/aromatic N) is 4. The number of benzene rings is 1. The zero-order chi connectivity index (χ0) is 17.9. The molecule has 0 atom stereocenters. The number of nitrogens with one attached hydrogen (secondary N) is 1. The van der Waals surface area contributed by atoms with Gasteiger partial charge in [-0.2, -0.15) is 0 Å². The number of anilines is 1. The summed E-state index contributed by atoms with van der Waals surface area (Å²) in [5.41, 5.74) is 2.35. The lowest BCUT2D eigenvalue weighted by atomic mass is 10.3. The van der Waals surface area contributed by atoms with Gasteiger partial charge in [-0.05, 0) is 24.3 Å². The minimum atomic E-state index is -0.410. The molecule has 0 saturated heterocycles. The van der Waals surface area contributed by atoms with Gasteiger partial charge in [0.15, 0.2) is 5.13 Å². The number of pyridine rings is 1. The number of carbonyl (C=O) groups is 1. The first kappa shape index (κ1) is 16.1. The van der Waals surface area contributed by atoms with E-state index in [0.29, 0.717) is 22.2 Å². The van der Waals surface area contributed by atoms with Crippen LogP contribution in [0.4, 0.5) is 9.52 Å². The van der Waals surface area contributed by atoms with Crippen molar-refractivity contribution in [1.82, 2.24) is 19.5 Å². The van der Waals surface area contributed by atoms with Crippen molar-refractivity contribution >= 4 is 22.4 Å². The molecule has 0 spiro atoms. The second kappa shape index (κ2) is 6.85. The van der Waals surface area contributed by atoms with E-state index >= 15 is 0 Å². The van der Waals surface area contributed by atoms with Crippen molar-refractivity contribution in [3.63, 3.8) is 0 Å². The van der Waals surface area contributed by atoms with E-state index in [2.05, 4.69) is 20.3 Å². The molecule has 1 N–H and O–H groups in total. The van der Waals surface area contributed by atoms with Crippen molar-refractivity contribution < 1.29 is 9.18 Å². The molecule has 128 valence electrons. The predicted octanol–water partition coefficient (Wildman–Crippen LogP) is 3.78. The minimum absolute atomic E-state index is 0.320. The van der Waals surface area contributed by atoms with Gasteiger partial charge in [-0.15, -0.1) is 11.3 Å². The van der Waals surface area contributed by atoms with Gasteiger partial charge in [0, 0.05) is 11.1 Å². The second-order valence-corrected chi connectivity index (χ2v) is 6.20. The van der Waals surface area contributed by atoms with E-state index < -0.39 is 5.82 Å². The zero-order valence-electron chi connectivity index (χ0n) is 13.3. The van der Waals surface area contributed by atoms with Crippen molar-refractivity contribution in [2.75, 3.05) is 5.32 Å². The SMILES string of the molecule is O=C(Nc1nc(-c2ccc(F)cn2)cs1)c1cncn1-c1ccccc1. The van der Waals surface area contributed by atoms with Crippen molar-refractivity contribution in [2.45, 2.75) is 0 Å². The number of para-hydroxylation sites is 1. The van der Waals surface area contributed by atoms with Gasteiger partial charge in [-0.1, -0.05) is 18.2 Å². The molecule has 0 aliphatic heterocycles. The molecule has 1 amide bonds. The third kappa shape index (κ3) is 3.22. The molecule has 0 fully saturated rings. The third-order valence-electron chi connectivity index (χ3n) is 3.62. The first-order valence-corrected chi connectivity index (χ1v) is 8.55. The number of amides is 1. The fourth-order valence-electron chi connectivity index (χ4n) is 2.39. The number of carbonyl (C=O) groups excluding carboxylic acids is 1. The number of halogens is 1. The van der Waals surface area contributed by atoms with E-state index in [1.54, 1.807) is 22.3 Å². The van der Waals surface area contributed by atoms with Crippen LogP contribution in [0.25, 0.3) is 17.1 Å². The average Bonchev–Trinajstić information content (AvgIpc) is 3.32. The standard InChI is InChI=1S/C18H12FN5OS/c19-12-6-7-14(21-8-12)15-10-26-18(22-15)23-17(25)16-9-20-11-24(16)13-4-2-1-3-5-13/h1-11H,(H,22,23,25). The van der Waals surface area contributed by atoms with Crippen LogP contribution in [0.5, 0.6) is 0 Å². The average molecular weight is 365 g/mol. The van der Waals surface area contributed by atoms with Gasteiger partial charge in [0.25, 0.3) is 5.91 Å². The van der Waals surface area contributed by atoms with Crippen molar-refractivity contribution in [3.05, 3.63) is 78.1 Å². The summed E-state index contributed by atoms with van der Waals surface area (Å²) >= 11 is 1.27. The second-order valence-electron chi connectivity index (χ2n) is 5.34. The minimum Gasteiger partial charge on any atom is -0.296 e. The lowest BCUT2D eigenvalue weighted by Gasteiger charge is -2.07. The monoisotopic (exact) mass is 365 g/mol. The van der Waals surface area contributed by atoms with Gasteiger partial charge < -0.3 is 0 Å². The molecular formula is C18H12FN5OS. The van der Waals surface area contributed by atoms with Crippen LogP contribution in [-0.4, -0.2) is 25.4 Å². The van der Waals surface area contributed by atoms with E-state index in [-0.39, 0.29) is 5.91 Å². The van der Waals surface area contributed by atoms with E-state index in [1.165, 1.54) is 23.6 Å². The number of hydrogen-bond acceptors (Lipinski definition) is 5. The first-order valence-electron chi connectivity index (χ1n) is 7.67. The van der Waals surface area contributed by atoms with Gasteiger partial charge in [0.2, 0.25) is 0 Å². The fraction of sp³-hybridized carbons (Fsp3) is 0. The molecule has 0 unspecified atom stereocenters. The van der Waals surface area contributed by atoms with Crippen LogP contribution in [0.1, 0.15) is 10.5 Å². The van der Waals surface area contributed by atoms with Crippen molar-refractivity contribution in [2.24, 2.45) is 0 Å². The van der Waals surface area contributed by atoms with E-state index in [9.17, 15) is 9.18 Å². The Morgan fingerprint density at radius 2 is 1.92 bits per heavy atom. The van der Waals surface area contributed by atoms with E-state index in [1.807, 2.05) is 30.3 Å². The highest BCUT2D eigenvalue weighted by Gasteiger charge is 2.15. The summed E-state index contributed by atoms with van der Waals surface area (Å²) in [5.74, 6) is -0.731. The molecule has 3 heterocycles. The van der Waals surface area contributed by atoms with Crippen LogP contribution in [0.3, 0.4) is 0 Å². The predicted molar refractivity (Wildman–Crippen MR) is 96.8 cm³/mol. The number of aromatic nitrogens is 4. The normalized spacial score (nSPS) is 10.7. The summed E-state index contributed by atoms with van der Waals surface area (Å²) in [4.78, 5) is 25.0. The molecule has 0 saturated carbocycles. The quantitative estimate of drug-likeness (QED) is 0.597. The Bertz CT molecular complexity index is 1040. The Balaban J connectivity index is 1.55. The maximum atomic E-state index is 13.0. The van der Waals surface area contributed by atoms with E-state index in [4.69, 9.17) is 0 Å². The number of thiazole rings is 1. The van der Waals surface area contributed by atoms with Gasteiger partial charge >= 0.3 is 0 Å². The summed E-state index contributed by atoms with van der Waals surface area (Å²) in [5, 5.41) is 4.94. The van der Waals surface area contributed by atoms with Crippen molar-refractivity contribution in [3.8, 4) is 17.1 Å².